The van der Waals surface area contributed by atoms with Gasteiger partial charge in [-0.05, 0) is 53.7 Å². The first-order valence-electron chi connectivity index (χ1n) is 7.83. The Morgan fingerprint density at radius 1 is 1.05 bits per heavy atom. The molecule has 0 radical (unpaired) electrons. The average molecular weight is 296 g/mol. The summed E-state index contributed by atoms with van der Waals surface area (Å²) in [7, 11) is -0.645. The van der Waals surface area contributed by atoms with Crippen LogP contribution in [-0.4, -0.2) is 14.7 Å². The second kappa shape index (κ2) is 5.10. The van der Waals surface area contributed by atoms with Crippen LogP contribution in [0.4, 0.5) is 0 Å². The van der Waals surface area contributed by atoms with Crippen LogP contribution < -0.4 is 0 Å². The van der Waals surface area contributed by atoms with Crippen molar-refractivity contribution in [3.8, 4) is 0 Å². The van der Waals surface area contributed by atoms with Crippen molar-refractivity contribution >= 4 is 27.1 Å². The van der Waals surface area contributed by atoms with E-state index < -0.39 is 10.8 Å². The lowest BCUT2D eigenvalue weighted by molar-refractivity contribution is 0.579. The molecule has 3 unspecified atom stereocenters. The molecule has 0 spiro atoms. The molecule has 2 bridgehead atoms. The van der Waals surface area contributed by atoms with Gasteiger partial charge in [-0.1, -0.05) is 48.9 Å². The molecule has 2 aliphatic heterocycles. The highest BCUT2D eigenvalue weighted by molar-refractivity contribution is 7.86. The summed E-state index contributed by atoms with van der Waals surface area (Å²) < 4.78 is 12.4. The quantitative estimate of drug-likeness (QED) is 0.751. The number of hydrogen-bond donors (Lipinski definition) is 0. The molecule has 2 heteroatoms. The maximum Gasteiger partial charge on any atom is 0.0536 e. The third-order valence-corrected chi connectivity index (χ3v) is 6.99. The van der Waals surface area contributed by atoms with Crippen LogP contribution in [0.15, 0.2) is 42.5 Å². The summed E-state index contributed by atoms with van der Waals surface area (Å²) in [5.41, 5.74) is 4.10. The molecule has 0 amide bonds. The molecule has 1 nitrogen and oxygen atoms in total. The van der Waals surface area contributed by atoms with Crippen LogP contribution in [0.5, 0.6) is 0 Å². The van der Waals surface area contributed by atoms with Gasteiger partial charge in [-0.25, -0.2) is 0 Å². The number of allylic oxidation sites excluding steroid dienone is 1. The van der Waals surface area contributed by atoms with Crippen molar-refractivity contribution in [3.05, 3.63) is 53.6 Å². The van der Waals surface area contributed by atoms with Gasteiger partial charge in [0.2, 0.25) is 0 Å². The van der Waals surface area contributed by atoms with Crippen LogP contribution in [0.1, 0.15) is 36.8 Å². The lowest BCUT2D eigenvalue weighted by atomic mass is 9.89. The summed E-state index contributed by atoms with van der Waals surface area (Å²) in [6, 6.07) is 13.1. The molecule has 0 aromatic heterocycles. The predicted molar refractivity (Wildman–Crippen MR) is 90.8 cm³/mol. The molecule has 0 saturated carbocycles. The van der Waals surface area contributed by atoms with E-state index in [-0.39, 0.29) is 5.25 Å². The molecule has 1 fully saturated rings. The molecule has 0 aliphatic carbocycles. The fraction of sp³-hybridized carbons (Fsp3) is 0.368. The Bertz CT molecular complexity index is 759. The van der Waals surface area contributed by atoms with Crippen LogP contribution in [0, 0.1) is 6.92 Å². The average Bonchev–Trinajstić information content (AvgIpc) is 2.48. The highest BCUT2D eigenvalue weighted by Gasteiger charge is 2.33. The van der Waals surface area contributed by atoms with Gasteiger partial charge in [-0.15, -0.1) is 0 Å². The van der Waals surface area contributed by atoms with Crippen LogP contribution in [-0.2, 0) is 10.8 Å². The van der Waals surface area contributed by atoms with Crippen molar-refractivity contribution in [2.24, 2.45) is 0 Å². The van der Waals surface area contributed by atoms with Gasteiger partial charge in [0.15, 0.2) is 0 Å². The molecule has 108 valence electrons. The zero-order chi connectivity index (χ0) is 14.4. The van der Waals surface area contributed by atoms with E-state index in [2.05, 4.69) is 49.4 Å². The fourth-order valence-corrected chi connectivity index (χ4v) is 5.76. The number of fused-ring (bicyclic) bond motifs is 3. The highest BCUT2D eigenvalue weighted by Crippen LogP contribution is 2.39. The predicted octanol–water partition coefficient (Wildman–Crippen LogP) is 4.61. The molecule has 1 saturated heterocycles. The number of aryl methyl sites for hydroxylation is 1. The van der Waals surface area contributed by atoms with E-state index in [0.29, 0.717) is 5.25 Å². The third kappa shape index (κ3) is 2.17. The van der Waals surface area contributed by atoms with E-state index in [1.165, 1.54) is 33.9 Å². The number of hydrogen-bond acceptors (Lipinski definition) is 1. The Hall–Kier alpha value is -1.41. The number of rotatable bonds is 1. The molecule has 4 rings (SSSR count). The van der Waals surface area contributed by atoms with Crippen molar-refractivity contribution in [1.82, 2.24) is 0 Å². The van der Waals surface area contributed by atoms with Crippen LogP contribution >= 0.6 is 0 Å². The van der Waals surface area contributed by atoms with Crippen molar-refractivity contribution in [1.29, 1.82) is 0 Å². The zero-order valence-electron chi connectivity index (χ0n) is 12.3. The largest absolute Gasteiger partial charge is 0.259 e. The van der Waals surface area contributed by atoms with Gasteiger partial charge in [0.1, 0.15) is 0 Å². The molecule has 0 N–H and O–H groups in total. The molecule has 2 heterocycles. The summed E-state index contributed by atoms with van der Waals surface area (Å²) in [5.74, 6) is 0. The first-order valence-corrected chi connectivity index (χ1v) is 9.10. The maximum atomic E-state index is 12.4. The third-order valence-electron chi connectivity index (χ3n) is 4.96. The Labute approximate surface area is 128 Å². The summed E-state index contributed by atoms with van der Waals surface area (Å²) in [6.45, 7) is 2.17. The van der Waals surface area contributed by atoms with Crippen LogP contribution in [0.25, 0.3) is 16.3 Å². The fourth-order valence-electron chi connectivity index (χ4n) is 3.83. The van der Waals surface area contributed by atoms with Gasteiger partial charge < -0.3 is 0 Å². The van der Waals surface area contributed by atoms with E-state index >= 15 is 0 Å². The van der Waals surface area contributed by atoms with Gasteiger partial charge >= 0.3 is 0 Å². The Balaban J connectivity index is 1.88. The van der Waals surface area contributed by atoms with Crippen molar-refractivity contribution in [3.63, 3.8) is 0 Å². The van der Waals surface area contributed by atoms with Gasteiger partial charge in [0.25, 0.3) is 0 Å². The van der Waals surface area contributed by atoms with E-state index in [4.69, 9.17) is 0 Å². The highest BCUT2D eigenvalue weighted by atomic mass is 32.2. The second-order valence-corrected chi connectivity index (χ2v) is 8.22. The Morgan fingerprint density at radius 3 is 2.67 bits per heavy atom. The lowest BCUT2D eigenvalue weighted by Gasteiger charge is -2.33. The topological polar surface area (TPSA) is 17.1 Å². The summed E-state index contributed by atoms with van der Waals surface area (Å²) >= 11 is 0. The molecule has 21 heavy (non-hydrogen) atoms. The summed E-state index contributed by atoms with van der Waals surface area (Å²) in [6.07, 6.45) is 6.75. The van der Waals surface area contributed by atoms with E-state index in [1.807, 2.05) is 0 Å². The molecule has 2 aliphatic rings. The molecule has 2 aromatic carbocycles. The minimum Gasteiger partial charge on any atom is -0.259 e. The number of benzene rings is 2. The molecule has 3 atom stereocenters. The van der Waals surface area contributed by atoms with Gasteiger partial charge in [0, 0.05) is 16.0 Å². The molecular formula is C19H20OS. The normalized spacial score (nSPS) is 28.4. The Morgan fingerprint density at radius 2 is 1.86 bits per heavy atom. The van der Waals surface area contributed by atoms with Crippen LogP contribution in [0.2, 0.25) is 0 Å². The smallest absolute Gasteiger partial charge is 0.0536 e. The van der Waals surface area contributed by atoms with E-state index in [1.54, 1.807) is 0 Å². The van der Waals surface area contributed by atoms with Gasteiger partial charge in [0.05, 0.1) is 5.25 Å². The van der Waals surface area contributed by atoms with Crippen molar-refractivity contribution < 1.29 is 4.21 Å². The Kier molecular flexibility index (Phi) is 3.22. The zero-order valence-corrected chi connectivity index (χ0v) is 13.2. The van der Waals surface area contributed by atoms with Gasteiger partial charge in [-0.2, -0.15) is 0 Å². The maximum absolute atomic E-state index is 12.4. The van der Waals surface area contributed by atoms with Crippen molar-refractivity contribution in [2.45, 2.75) is 43.1 Å². The van der Waals surface area contributed by atoms with Crippen molar-refractivity contribution in [2.75, 3.05) is 0 Å². The van der Waals surface area contributed by atoms with Crippen LogP contribution in [0.3, 0.4) is 0 Å². The first kappa shape index (κ1) is 13.3. The summed E-state index contributed by atoms with van der Waals surface area (Å²) in [5, 5.41) is 3.35. The monoisotopic (exact) mass is 296 g/mol. The van der Waals surface area contributed by atoms with E-state index in [9.17, 15) is 4.21 Å². The standard InChI is InChI=1S/C19H20OS/c1-13-9-10-18(19-8-3-2-7-17(13)19)14-11-15-5-4-6-16(12-14)21(15)20/h2-3,7-11,15-16H,4-6,12H2,1H3. The minimum atomic E-state index is -0.645. The van der Waals surface area contributed by atoms with E-state index in [0.717, 1.165) is 19.3 Å². The second-order valence-electron chi connectivity index (χ2n) is 6.29. The summed E-state index contributed by atoms with van der Waals surface area (Å²) in [4.78, 5) is 0. The first-order chi connectivity index (χ1) is 10.2. The molecule has 2 aromatic rings. The lowest BCUT2D eigenvalue weighted by Crippen LogP contribution is -2.33. The molecular weight excluding hydrogens is 276 g/mol. The minimum absolute atomic E-state index is 0.285. The van der Waals surface area contributed by atoms with Gasteiger partial charge in [-0.3, -0.25) is 4.21 Å². The SMILES string of the molecule is Cc1ccc(C2=CC3CCCC(C2)S3=O)c2ccccc12.